The largest absolute Gasteiger partial charge is 0.479 e. The number of nitrogens with zero attached hydrogens (tertiary/aromatic N) is 1. The Labute approximate surface area is 113 Å². The van der Waals surface area contributed by atoms with E-state index >= 15 is 0 Å². The van der Waals surface area contributed by atoms with Crippen molar-refractivity contribution in [3.05, 3.63) is 0 Å². The van der Waals surface area contributed by atoms with Gasteiger partial charge in [-0.25, -0.2) is 4.79 Å². The van der Waals surface area contributed by atoms with Crippen LogP contribution in [0.4, 0.5) is 0 Å². The normalized spacial score (nSPS) is 18.3. The fraction of sp³-hybridized carbons (Fsp3) is 0.846. The van der Waals surface area contributed by atoms with Gasteiger partial charge in [-0.05, 0) is 6.42 Å². The number of piperidine rings is 1. The number of hydrogen-bond acceptors (Lipinski definition) is 4. The van der Waals surface area contributed by atoms with Gasteiger partial charge in [-0.2, -0.15) is 0 Å². The molecule has 0 aromatic heterocycles. The molecule has 0 unspecified atom stereocenters. The molecule has 19 heavy (non-hydrogen) atoms. The number of amides is 1. The smallest absolute Gasteiger partial charge is 0.335 e. The Morgan fingerprint density at radius 1 is 1.26 bits per heavy atom. The summed E-state index contributed by atoms with van der Waals surface area (Å²) in [6, 6.07) is 0. The lowest BCUT2D eigenvalue weighted by atomic mass is 9.92. The maximum Gasteiger partial charge on any atom is 0.335 e. The molecule has 1 amide bonds. The Morgan fingerprint density at radius 3 is 2.42 bits per heavy atom. The number of unbranched alkanes of at least 4 members (excludes halogenated alkanes) is 2. The predicted molar refractivity (Wildman–Crippen MR) is 68.7 cm³/mol. The van der Waals surface area contributed by atoms with Gasteiger partial charge >= 0.3 is 5.97 Å². The molecule has 0 aromatic carbocycles. The summed E-state index contributed by atoms with van der Waals surface area (Å²) in [7, 11) is 0. The lowest BCUT2D eigenvalue weighted by molar-refractivity contribution is -0.166. The van der Waals surface area contributed by atoms with Crippen LogP contribution in [-0.2, 0) is 14.3 Å². The summed E-state index contributed by atoms with van der Waals surface area (Å²) in [5, 5.41) is 18.6. The first-order valence-electron chi connectivity index (χ1n) is 6.81. The topological polar surface area (TPSA) is 87.1 Å². The van der Waals surface area contributed by atoms with Gasteiger partial charge in [0.15, 0.2) is 5.60 Å². The third kappa shape index (κ3) is 4.80. The first-order valence-corrected chi connectivity index (χ1v) is 6.81. The Hall–Kier alpha value is -1.14. The van der Waals surface area contributed by atoms with E-state index in [0.717, 1.165) is 19.3 Å². The first-order chi connectivity index (χ1) is 8.99. The molecule has 0 atom stereocenters. The summed E-state index contributed by atoms with van der Waals surface area (Å²) in [4.78, 5) is 24.2. The van der Waals surface area contributed by atoms with Crippen LogP contribution >= 0.6 is 0 Å². The Morgan fingerprint density at radius 2 is 1.89 bits per heavy atom. The second kappa shape index (κ2) is 7.45. The third-order valence-corrected chi connectivity index (χ3v) is 3.46. The van der Waals surface area contributed by atoms with Crippen LogP contribution in [0.2, 0.25) is 0 Å². The summed E-state index contributed by atoms with van der Waals surface area (Å²) in [5.74, 6) is -1.35. The van der Waals surface area contributed by atoms with Gasteiger partial charge in [0.2, 0.25) is 5.91 Å². The van der Waals surface area contributed by atoms with E-state index in [-0.39, 0.29) is 38.4 Å². The van der Waals surface area contributed by atoms with Gasteiger partial charge in [-0.15, -0.1) is 0 Å². The number of aliphatic hydroxyl groups is 1. The number of aliphatic carboxylic acids is 1. The van der Waals surface area contributed by atoms with E-state index in [1.54, 1.807) is 4.90 Å². The van der Waals surface area contributed by atoms with E-state index in [1.807, 2.05) is 0 Å². The van der Waals surface area contributed by atoms with E-state index in [9.17, 15) is 14.7 Å². The van der Waals surface area contributed by atoms with Gasteiger partial charge in [0, 0.05) is 32.5 Å². The molecule has 6 nitrogen and oxygen atoms in total. The molecular formula is C13H23NO5. The molecule has 6 heteroatoms. The number of ether oxygens (including phenoxy) is 1. The molecule has 0 radical (unpaired) electrons. The van der Waals surface area contributed by atoms with E-state index in [0.29, 0.717) is 6.61 Å². The molecule has 1 aliphatic rings. The standard InChI is InChI=1S/C13H23NO5/c1-2-3-4-9-19-10-11(15)14-7-5-13(18,6-8-14)12(16)17/h18H,2-10H2,1H3,(H,16,17). The Bertz CT molecular complexity index is 310. The van der Waals surface area contributed by atoms with Gasteiger partial charge < -0.3 is 19.8 Å². The first kappa shape index (κ1) is 15.9. The Kier molecular flexibility index (Phi) is 6.24. The van der Waals surface area contributed by atoms with Crippen molar-refractivity contribution >= 4 is 11.9 Å². The summed E-state index contributed by atoms with van der Waals surface area (Å²) in [6.07, 6.45) is 3.29. The minimum Gasteiger partial charge on any atom is -0.479 e. The van der Waals surface area contributed by atoms with Crippen molar-refractivity contribution in [3.8, 4) is 0 Å². The highest BCUT2D eigenvalue weighted by molar-refractivity contribution is 5.80. The molecule has 1 rings (SSSR count). The number of carboxylic acids is 1. The van der Waals surface area contributed by atoms with Gasteiger partial charge in [0.1, 0.15) is 6.61 Å². The molecule has 1 aliphatic heterocycles. The van der Waals surface area contributed by atoms with Crippen LogP contribution in [0.5, 0.6) is 0 Å². The third-order valence-electron chi connectivity index (χ3n) is 3.46. The molecule has 110 valence electrons. The van der Waals surface area contributed by atoms with Crippen molar-refractivity contribution in [1.82, 2.24) is 4.90 Å². The summed E-state index contributed by atoms with van der Waals surface area (Å²) in [6.45, 7) is 3.24. The highest BCUT2D eigenvalue weighted by atomic mass is 16.5. The monoisotopic (exact) mass is 273 g/mol. The van der Waals surface area contributed by atoms with Crippen LogP contribution in [0.25, 0.3) is 0 Å². The number of hydrogen-bond donors (Lipinski definition) is 2. The summed E-state index contributed by atoms with van der Waals surface area (Å²) < 4.78 is 5.28. The van der Waals surface area contributed by atoms with E-state index in [1.165, 1.54) is 0 Å². The molecule has 1 saturated heterocycles. The zero-order valence-electron chi connectivity index (χ0n) is 11.4. The van der Waals surface area contributed by atoms with E-state index in [2.05, 4.69) is 6.92 Å². The summed E-state index contributed by atoms with van der Waals surface area (Å²) >= 11 is 0. The highest BCUT2D eigenvalue weighted by Gasteiger charge is 2.40. The van der Waals surface area contributed by atoms with E-state index < -0.39 is 11.6 Å². The lowest BCUT2D eigenvalue weighted by Gasteiger charge is -2.35. The van der Waals surface area contributed by atoms with Crippen LogP contribution in [0.1, 0.15) is 39.0 Å². The molecule has 0 spiro atoms. The molecule has 0 aliphatic carbocycles. The van der Waals surface area contributed by atoms with Crippen molar-refractivity contribution < 1.29 is 24.5 Å². The zero-order valence-corrected chi connectivity index (χ0v) is 11.4. The van der Waals surface area contributed by atoms with Gasteiger partial charge in [0.25, 0.3) is 0 Å². The fourth-order valence-corrected chi connectivity index (χ4v) is 2.04. The van der Waals surface area contributed by atoms with Gasteiger partial charge in [-0.1, -0.05) is 19.8 Å². The number of carbonyl (C=O) groups excluding carboxylic acids is 1. The fourth-order valence-electron chi connectivity index (χ4n) is 2.04. The van der Waals surface area contributed by atoms with Crippen LogP contribution in [0.15, 0.2) is 0 Å². The van der Waals surface area contributed by atoms with Crippen LogP contribution in [0, 0.1) is 0 Å². The van der Waals surface area contributed by atoms with Crippen molar-refractivity contribution in [2.24, 2.45) is 0 Å². The molecular weight excluding hydrogens is 250 g/mol. The SMILES string of the molecule is CCCCCOCC(=O)N1CCC(O)(C(=O)O)CC1. The Balaban J connectivity index is 2.23. The molecule has 0 aromatic rings. The van der Waals surface area contributed by atoms with Crippen molar-refractivity contribution in [1.29, 1.82) is 0 Å². The predicted octanol–water partition coefficient (Wildman–Crippen LogP) is 0.631. The zero-order chi connectivity index (χ0) is 14.3. The van der Waals surface area contributed by atoms with Crippen molar-refractivity contribution in [2.45, 2.75) is 44.6 Å². The number of rotatable bonds is 7. The minimum atomic E-state index is -1.68. The average Bonchev–Trinajstić information content (AvgIpc) is 2.39. The quantitative estimate of drug-likeness (QED) is 0.664. The maximum absolute atomic E-state index is 11.8. The van der Waals surface area contributed by atoms with Gasteiger partial charge in [0.05, 0.1) is 0 Å². The van der Waals surface area contributed by atoms with Crippen molar-refractivity contribution in [2.75, 3.05) is 26.3 Å². The average molecular weight is 273 g/mol. The molecule has 1 heterocycles. The van der Waals surface area contributed by atoms with Crippen molar-refractivity contribution in [3.63, 3.8) is 0 Å². The van der Waals surface area contributed by atoms with Crippen LogP contribution in [0.3, 0.4) is 0 Å². The molecule has 0 saturated carbocycles. The number of carboxylic acid groups (broad SMARTS) is 1. The second-order valence-electron chi connectivity index (χ2n) is 4.98. The summed E-state index contributed by atoms with van der Waals surface area (Å²) in [5.41, 5.74) is -1.68. The maximum atomic E-state index is 11.8. The molecule has 0 bridgehead atoms. The lowest BCUT2D eigenvalue weighted by Crippen LogP contribution is -2.51. The van der Waals surface area contributed by atoms with Crippen LogP contribution in [-0.4, -0.2) is 58.9 Å². The number of likely N-dealkylation sites (tertiary alicyclic amines) is 1. The second-order valence-corrected chi connectivity index (χ2v) is 4.98. The van der Waals surface area contributed by atoms with E-state index in [4.69, 9.17) is 9.84 Å². The molecule has 2 N–H and O–H groups in total. The highest BCUT2D eigenvalue weighted by Crippen LogP contribution is 2.22. The van der Waals surface area contributed by atoms with Gasteiger partial charge in [-0.3, -0.25) is 4.79 Å². The molecule has 1 fully saturated rings. The minimum absolute atomic E-state index is 0.0369. The van der Waals surface area contributed by atoms with Crippen LogP contribution < -0.4 is 0 Å². The number of carbonyl (C=O) groups is 2.